The Kier molecular flexibility index (Phi) is 3.95. The number of hydrogen-bond donors (Lipinski definition) is 0. The minimum Gasteiger partial charge on any atom is -0.273 e. The average Bonchev–Trinajstić information content (AvgIpc) is 2.96. The highest BCUT2D eigenvalue weighted by Gasteiger charge is 2.36. The minimum atomic E-state index is -0.141. The molecule has 0 N–H and O–H groups in total. The maximum Gasteiger partial charge on any atom is 0.240 e. The molecule has 1 saturated heterocycles. The molecule has 1 aromatic carbocycles. The zero-order chi connectivity index (χ0) is 14.3. The van der Waals surface area contributed by atoms with Gasteiger partial charge in [0, 0.05) is 26.7 Å². The second-order valence-corrected chi connectivity index (χ2v) is 7.47. The first-order chi connectivity index (χ1) is 9.56. The van der Waals surface area contributed by atoms with Gasteiger partial charge in [0.25, 0.3) is 0 Å². The lowest BCUT2D eigenvalue weighted by molar-refractivity contribution is -0.115. The van der Waals surface area contributed by atoms with Crippen molar-refractivity contribution in [3.63, 3.8) is 0 Å². The second-order valence-electron chi connectivity index (χ2n) is 4.35. The van der Waals surface area contributed by atoms with Crippen LogP contribution in [0.3, 0.4) is 0 Å². The fourth-order valence-corrected chi connectivity index (χ4v) is 4.66. The van der Waals surface area contributed by atoms with Gasteiger partial charge in [0.2, 0.25) is 5.91 Å². The van der Waals surface area contributed by atoms with Crippen molar-refractivity contribution < 1.29 is 4.79 Å². The number of aromatic nitrogens is 1. The molecule has 0 radical (unpaired) electrons. The maximum atomic E-state index is 12.1. The number of thiazole rings is 1. The standard InChI is InChI=1S/C13H10Cl2N2OS2/c1-7-5-16-13(20-7)17-11(18)6-19-12(17)9-3-2-8(14)4-10(9)15/h2-5,12H,6H2,1H3. The van der Waals surface area contributed by atoms with Crippen LogP contribution < -0.4 is 4.90 Å². The molecule has 3 nitrogen and oxygen atoms in total. The molecule has 1 aromatic heterocycles. The summed E-state index contributed by atoms with van der Waals surface area (Å²) in [6.07, 6.45) is 1.77. The third-order valence-electron chi connectivity index (χ3n) is 2.91. The summed E-state index contributed by atoms with van der Waals surface area (Å²) >= 11 is 15.2. The lowest BCUT2D eigenvalue weighted by Crippen LogP contribution is -2.27. The lowest BCUT2D eigenvalue weighted by atomic mass is 10.2. The summed E-state index contributed by atoms with van der Waals surface area (Å²) < 4.78 is 0. The first kappa shape index (κ1) is 14.2. The molecule has 1 aliphatic heterocycles. The Labute approximate surface area is 134 Å². The maximum absolute atomic E-state index is 12.1. The molecule has 0 spiro atoms. The van der Waals surface area contributed by atoms with Gasteiger partial charge in [0.15, 0.2) is 5.13 Å². The van der Waals surface area contributed by atoms with Gasteiger partial charge in [-0.1, -0.05) is 29.3 Å². The van der Waals surface area contributed by atoms with E-state index in [1.807, 2.05) is 13.0 Å². The molecular formula is C13H10Cl2N2OS2. The highest BCUT2D eigenvalue weighted by atomic mass is 35.5. The number of thioether (sulfide) groups is 1. The highest BCUT2D eigenvalue weighted by Crippen LogP contribution is 2.45. The first-order valence-electron chi connectivity index (χ1n) is 5.87. The monoisotopic (exact) mass is 344 g/mol. The normalized spacial score (nSPS) is 18.9. The molecule has 7 heteroatoms. The van der Waals surface area contributed by atoms with Crippen LogP contribution in [0.1, 0.15) is 15.8 Å². The molecule has 3 rings (SSSR count). The summed E-state index contributed by atoms with van der Waals surface area (Å²) in [5, 5.41) is 1.74. The minimum absolute atomic E-state index is 0.0559. The summed E-state index contributed by atoms with van der Waals surface area (Å²) in [4.78, 5) is 19.3. The number of halogens is 2. The molecule has 1 amide bonds. The average molecular weight is 345 g/mol. The van der Waals surface area contributed by atoms with Crippen molar-refractivity contribution in [3.8, 4) is 0 Å². The van der Waals surface area contributed by atoms with Gasteiger partial charge in [-0.2, -0.15) is 0 Å². The van der Waals surface area contributed by atoms with Crippen LogP contribution in [0.2, 0.25) is 10.0 Å². The first-order valence-corrected chi connectivity index (χ1v) is 8.49. The molecule has 1 aliphatic rings. The van der Waals surface area contributed by atoms with E-state index in [-0.39, 0.29) is 11.3 Å². The van der Waals surface area contributed by atoms with Crippen LogP contribution in [0.25, 0.3) is 0 Å². The molecule has 1 unspecified atom stereocenters. The second kappa shape index (κ2) is 5.56. The predicted molar refractivity (Wildman–Crippen MR) is 86.0 cm³/mol. The van der Waals surface area contributed by atoms with E-state index >= 15 is 0 Å². The Balaban J connectivity index is 2.01. The Hall–Kier alpha value is -0.750. The number of rotatable bonds is 2. The van der Waals surface area contributed by atoms with E-state index in [2.05, 4.69) is 4.98 Å². The van der Waals surface area contributed by atoms with Crippen LogP contribution in [0.15, 0.2) is 24.4 Å². The summed E-state index contributed by atoms with van der Waals surface area (Å²) in [5.41, 5.74) is 0.889. The Morgan fingerprint density at radius 1 is 1.40 bits per heavy atom. The van der Waals surface area contributed by atoms with E-state index in [0.29, 0.717) is 20.9 Å². The van der Waals surface area contributed by atoms with Gasteiger partial charge >= 0.3 is 0 Å². The van der Waals surface area contributed by atoms with Crippen molar-refractivity contribution in [3.05, 3.63) is 44.9 Å². The molecule has 20 heavy (non-hydrogen) atoms. The van der Waals surface area contributed by atoms with Crippen LogP contribution in [-0.4, -0.2) is 16.6 Å². The molecule has 104 valence electrons. The molecule has 0 saturated carbocycles. The molecule has 1 fully saturated rings. The van der Waals surface area contributed by atoms with E-state index in [0.717, 1.165) is 10.4 Å². The van der Waals surface area contributed by atoms with Gasteiger partial charge in [0.05, 0.1) is 5.75 Å². The van der Waals surface area contributed by atoms with Crippen LogP contribution >= 0.6 is 46.3 Å². The van der Waals surface area contributed by atoms with E-state index in [4.69, 9.17) is 23.2 Å². The highest BCUT2D eigenvalue weighted by molar-refractivity contribution is 8.00. The summed E-state index contributed by atoms with van der Waals surface area (Å²) in [7, 11) is 0. The SMILES string of the molecule is Cc1cnc(N2C(=O)CSC2c2ccc(Cl)cc2Cl)s1. The van der Waals surface area contributed by atoms with E-state index in [1.54, 1.807) is 35.0 Å². The van der Waals surface area contributed by atoms with Gasteiger partial charge in [-0.05, 0) is 19.1 Å². The molecule has 2 aromatic rings. The van der Waals surface area contributed by atoms with Crippen LogP contribution in [-0.2, 0) is 4.79 Å². The Morgan fingerprint density at radius 2 is 2.20 bits per heavy atom. The Morgan fingerprint density at radius 3 is 2.85 bits per heavy atom. The summed E-state index contributed by atoms with van der Waals surface area (Å²) in [5.74, 6) is 0.489. The molecular weight excluding hydrogens is 335 g/mol. The number of hydrogen-bond acceptors (Lipinski definition) is 4. The lowest BCUT2D eigenvalue weighted by Gasteiger charge is -2.22. The van der Waals surface area contributed by atoms with Gasteiger partial charge < -0.3 is 0 Å². The van der Waals surface area contributed by atoms with E-state index in [1.165, 1.54) is 11.3 Å². The summed E-state index contributed by atoms with van der Waals surface area (Å²) in [6, 6.07) is 5.36. The van der Waals surface area contributed by atoms with Gasteiger partial charge in [-0.3, -0.25) is 9.69 Å². The van der Waals surface area contributed by atoms with E-state index < -0.39 is 0 Å². The third kappa shape index (κ3) is 2.55. The summed E-state index contributed by atoms with van der Waals surface area (Å²) in [6.45, 7) is 1.97. The number of carbonyl (C=O) groups excluding carboxylic acids is 1. The number of nitrogens with zero attached hydrogens (tertiary/aromatic N) is 2. The Bertz CT molecular complexity index is 674. The number of carbonyl (C=O) groups is 1. The van der Waals surface area contributed by atoms with Crippen LogP contribution in [0.4, 0.5) is 5.13 Å². The quantitative estimate of drug-likeness (QED) is 0.801. The van der Waals surface area contributed by atoms with Crippen molar-refractivity contribution in [2.24, 2.45) is 0 Å². The largest absolute Gasteiger partial charge is 0.273 e. The topological polar surface area (TPSA) is 33.2 Å². The van der Waals surface area contributed by atoms with Crippen molar-refractivity contribution >= 4 is 57.3 Å². The zero-order valence-corrected chi connectivity index (χ0v) is 13.6. The third-order valence-corrected chi connectivity index (χ3v) is 5.58. The number of aryl methyl sites for hydroxylation is 1. The predicted octanol–water partition coefficient (Wildman–Crippen LogP) is 4.54. The molecule has 0 aliphatic carbocycles. The van der Waals surface area contributed by atoms with Crippen molar-refractivity contribution in [1.82, 2.24) is 4.98 Å². The van der Waals surface area contributed by atoms with Crippen LogP contribution in [0, 0.1) is 6.92 Å². The smallest absolute Gasteiger partial charge is 0.240 e. The van der Waals surface area contributed by atoms with Crippen molar-refractivity contribution in [2.75, 3.05) is 10.7 Å². The van der Waals surface area contributed by atoms with Crippen molar-refractivity contribution in [2.45, 2.75) is 12.3 Å². The fourth-order valence-electron chi connectivity index (χ4n) is 2.02. The van der Waals surface area contributed by atoms with Gasteiger partial charge in [-0.15, -0.1) is 23.1 Å². The molecule has 1 atom stereocenters. The van der Waals surface area contributed by atoms with E-state index in [9.17, 15) is 4.79 Å². The van der Waals surface area contributed by atoms with Crippen molar-refractivity contribution in [1.29, 1.82) is 0 Å². The molecule has 0 bridgehead atoms. The number of amides is 1. The number of anilines is 1. The van der Waals surface area contributed by atoms with Crippen LogP contribution in [0.5, 0.6) is 0 Å². The van der Waals surface area contributed by atoms with Gasteiger partial charge in [0.1, 0.15) is 5.37 Å². The molecule has 2 heterocycles. The number of benzene rings is 1. The fraction of sp³-hybridized carbons (Fsp3) is 0.231. The van der Waals surface area contributed by atoms with Gasteiger partial charge in [-0.25, -0.2) is 4.98 Å². The zero-order valence-electron chi connectivity index (χ0n) is 10.5.